The van der Waals surface area contributed by atoms with Crippen molar-refractivity contribution in [1.82, 2.24) is 4.90 Å². The van der Waals surface area contributed by atoms with Crippen LogP contribution in [0.4, 0.5) is 9.59 Å². The van der Waals surface area contributed by atoms with Gasteiger partial charge in [0.25, 0.3) is 10.5 Å². The van der Waals surface area contributed by atoms with E-state index in [0.29, 0.717) is 13.1 Å². The maximum atomic E-state index is 10.6. The molecule has 0 rings (SSSR count). The second-order valence-corrected chi connectivity index (χ2v) is 2.93. The van der Waals surface area contributed by atoms with Gasteiger partial charge in [-0.1, -0.05) is 37.4 Å². The van der Waals surface area contributed by atoms with Crippen molar-refractivity contribution in [2.75, 3.05) is 13.1 Å². The Morgan fingerprint density at radius 3 is 1.60 bits per heavy atom. The Balaban J connectivity index is -0.000000249. The van der Waals surface area contributed by atoms with Crippen molar-refractivity contribution < 1.29 is 9.59 Å². The molecule has 0 atom stereocenters. The smallest absolute Gasteiger partial charge is 0.279 e. The standard InChI is InChI=1S/C7H11NOS.CH3NOS.ClH/c1-3-5-8(6-4-2)7(9)10;2-1(3)4;/h3-4H,1-2,5-6H2,(H,9,10);(H3,2,3,4);1H. The number of thiol groups is 2. The molecule has 0 unspecified atom stereocenters. The number of nitrogens with two attached hydrogens (primary N) is 1. The fourth-order valence-electron chi connectivity index (χ4n) is 0.542. The Labute approximate surface area is 107 Å². The topological polar surface area (TPSA) is 63.4 Å². The lowest BCUT2D eigenvalue weighted by molar-refractivity contribution is 0.233. The second-order valence-electron chi connectivity index (χ2n) is 2.10. The van der Waals surface area contributed by atoms with Gasteiger partial charge in [-0.05, 0) is 0 Å². The highest BCUT2D eigenvalue weighted by Gasteiger charge is 2.02. The van der Waals surface area contributed by atoms with Gasteiger partial charge in [-0.2, -0.15) is 0 Å². The third kappa shape index (κ3) is 19.7. The Bertz CT molecular complexity index is 211. The molecule has 2 amide bonds. The van der Waals surface area contributed by atoms with Gasteiger partial charge in [0.2, 0.25) is 0 Å². The van der Waals surface area contributed by atoms with Gasteiger partial charge < -0.3 is 10.6 Å². The van der Waals surface area contributed by atoms with Gasteiger partial charge in [0.05, 0.1) is 0 Å². The van der Waals surface area contributed by atoms with Gasteiger partial charge in [-0.15, -0.1) is 25.6 Å². The summed E-state index contributed by atoms with van der Waals surface area (Å²) in [5.41, 5.74) is 4.34. The molecule has 0 aliphatic heterocycles. The van der Waals surface area contributed by atoms with Crippen molar-refractivity contribution in [3.8, 4) is 0 Å². The lowest BCUT2D eigenvalue weighted by atomic mass is 10.5. The fraction of sp³-hybridized carbons (Fsp3) is 0.250. The number of carbonyl (C=O) groups is 2. The van der Waals surface area contributed by atoms with E-state index in [1.165, 1.54) is 4.90 Å². The summed E-state index contributed by atoms with van der Waals surface area (Å²) in [6.07, 6.45) is 3.30. The highest BCUT2D eigenvalue weighted by atomic mass is 35.5. The molecule has 7 heteroatoms. The predicted molar refractivity (Wildman–Crippen MR) is 72.2 cm³/mol. The lowest BCUT2D eigenvalue weighted by Gasteiger charge is -2.14. The van der Waals surface area contributed by atoms with E-state index in [-0.39, 0.29) is 17.6 Å². The van der Waals surface area contributed by atoms with Gasteiger partial charge in [0.1, 0.15) is 0 Å². The van der Waals surface area contributed by atoms with E-state index < -0.39 is 5.24 Å². The lowest BCUT2D eigenvalue weighted by Crippen LogP contribution is -2.26. The summed E-state index contributed by atoms with van der Waals surface area (Å²) in [6, 6.07) is 0. The fourth-order valence-corrected chi connectivity index (χ4v) is 0.706. The zero-order valence-electron chi connectivity index (χ0n) is 8.13. The number of hydrogen-bond donors (Lipinski definition) is 3. The number of amides is 2. The summed E-state index contributed by atoms with van der Waals surface area (Å²) < 4.78 is 0. The summed E-state index contributed by atoms with van der Waals surface area (Å²) >= 11 is 6.76. The van der Waals surface area contributed by atoms with Crippen LogP contribution in [0.5, 0.6) is 0 Å². The van der Waals surface area contributed by atoms with Crippen LogP contribution in [0.25, 0.3) is 0 Å². The van der Waals surface area contributed by atoms with Gasteiger partial charge in [0, 0.05) is 13.1 Å². The van der Waals surface area contributed by atoms with Crippen LogP contribution >= 0.6 is 37.7 Å². The Kier molecular flexibility index (Phi) is 17.8. The van der Waals surface area contributed by atoms with Crippen molar-refractivity contribution in [2.24, 2.45) is 5.73 Å². The van der Waals surface area contributed by atoms with E-state index in [9.17, 15) is 4.79 Å². The molecule has 0 aromatic carbocycles. The van der Waals surface area contributed by atoms with Crippen LogP contribution in [0.3, 0.4) is 0 Å². The van der Waals surface area contributed by atoms with Crippen LogP contribution in [-0.2, 0) is 0 Å². The molecule has 0 fully saturated rings. The van der Waals surface area contributed by atoms with E-state index in [1.54, 1.807) is 12.2 Å². The summed E-state index contributed by atoms with van der Waals surface area (Å²) in [5.74, 6) is 0. The first kappa shape index (κ1) is 19.9. The van der Waals surface area contributed by atoms with Crippen LogP contribution < -0.4 is 5.73 Å². The quantitative estimate of drug-likeness (QED) is 0.541. The predicted octanol–water partition coefficient (Wildman–Crippen LogP) is 2.13. The molecule has 88 valence electrons. The molecule has 0 bridgehead atoms. The minimum atomic E-state index is -0.639. The maximum absolute atomic E-state index is 10.6. The molecule has 0 saturated carbocycles. The SMILES string of the molecule is C=CCN(CC=C)C(=O)S.Cl.NC(=O)S. The molecule has 0 saturated heterocycles. The second kappa shape index (κ2) is 13.4. The van der Waals surface area contributed by atoms with Gasteiger partial charge >= 0.3 is 0 Å². The van der Waals surface area contributed by atoms with E-state index >= 15 is 0 Å². The van der Waals surface area contributed by atoms with Crippen molar-refractivity contribution in [3.63, 3.8) is 0 Å². The van der Waals surface area contributed by atoms with E-state index in [2.05, 4.69) is 44.1 Å². The number of carbonyl (C=O) groups excluding carboxylic acids is 2. The van der Waals surface area contributed by atoms with E-state index in [1.807, 2.05) is 0 Å². The highest BCUT2D eigenvalue weighted by Crippen LogP contribution is 1.95. The summed E-state index contributed by atoms with van der Waals surface area (Å²) in [5, 5.41) is -0.889. The number of halogens is 1. The molecule has 4 nitrogen and oxygen atoms in total. The van der Waals surface area contributed by atoms with Crippen LogP contribution in [0, 0.1) is 0 Å². The monoisotopic (exact) mass is 270 g/mol. The summed E-state index contributed by atoms with van der Waals surface area (Å²) in [7, 11) is 0. The minimum absolute atomic E-state index is 0. The van der Waals surface area contributed by atoms with Gasteiger partial charge in [-0.25, -0.2) is 0 Å². The normalized spacial score (nSPS) is 7.33. The van der Waals surface area contributed by atoms with Crippen molar-refractivity contribution in [2.45, 2.75) is 0 Å². The van der Waals surface area contributed by atoms with Crippen molar-refractivity contribution >= 4 is 48.1 Å². The highest BCUT2D eigenvalue weighted by molar-refractivity contribution is 7.96. The molecule has 0 aromatic rings. The molecule has 15 heavy (non-hydrogen) atoms. The number of rotatable bonds is 4. The van der Waals surface area contributed by atoms with E-state index in [4.69, 9.17) is 4.79 Å². The van der Waals surface area contributed by atoms with Crippen LogP contribution in [-0.4, -0.2) is 28.5 Å². The Morgan fingerprint density at radius 2 is 1.47 bits per heavy atom. The van der Waals surface area contributed by atoms with Gasteiger partial charge in [-0.3, -0.25) is 9.59 Å². The van der Waals surface area contributed by atoms with Gasteiger partial charge in [0.15, 0.2) is 0 Å². The number of primary amides is 1. The first-order valence-electron chi connectivity index (χ1n) is 3.63. The molecule has 2 N–H and O–H groups in total. The van der Waals surface area contributed by atoms with Crippen LogP contribution in [0.15, 0.2) is 25.3 Å². The number of hydrogen-bond acceptors (Lipinski definition) is 2. The molecule has 0 aliphatic rings. The largest absolute Gasteiger partial charge is 0.361 e. The Morgan fingerprint density at radius 1 is 1.20 bits per heavy atom. The summed E-state index contributed by atoms with van der Waals surface area (Å²) in [6.45, 7) is 8.05. The zero-order valence-corrected chi connectivity index (χ0v) is 10.7. The maximum Gasteiger partial charge on any atom is 0.279 e. The van der Waals surface area contributed by atoms with Crippen LogP contribution in [0.2, 0.25) is 0 Å². The number of nitrogens with zero attached hydrogens (tertiary/aromatic N) is 1. The molecule has 0 aromatic heterocycles. The zero-order chi connectivity index (χ0) is 11.6. The molecule has 0 aliphatic carbocycles. The first-order valence-corrected chi connectivity index (χ1v) is 4.53. The molecule has 0 heterocycles. The molecule has 0 spiro atoms. The third-order valence-corrected chi connectivity index (χ3v) is 1.25. The van der Waals surface area contributed by atoms with Crippen LogP contribution in [0.1, 0.15) is 0 Å². The third-order valence-electron chi connectivity index (χ3n) is 0.969. The Hall–Kier alpha value is -0.590. The van der Waals surface area contributed by atoms with Crippen molar-refractivity contribution in [3.05, 3.63) is 25.3 Å². The van der Waals surface area contributed by atoms with E-state index in [0.717, 1.165) is 0 Å². The summed E-state index contributed by atoms with van der Waals surface area (Å²) in [4.78, 5) is 21.2. The van der Waals surface area contributed by atoms with Crippen molar-refractivity contribution in [1.29, 1.82) is 0 Å². The molecular formula is C8H15ClN2O2S2. The average Bonchev–Trinajstić information content (AvgIpc) is 2.02. The minimum Gasteiger partial charge on any atom is -0.361 e. The first-order chi connectivity index (χ1) is 6.45. The molecule has 0 radical (unpaired) electrons. The molecular weight excluding hydrogens is 256 g/mol. The average molecular weight is 271 g/mol.